The summed E-state index contributed by atoms with van der Waals surface area (Å²) in [6.07, 6.45) is 1.54. The quantitative estimate of drug-likeness (QED) is 0.272. The average Bonchev–Trinajstić information content (AvgIpc) is 3.24. The Hall–Kier alpha value is -3.12. The number of pyridine rings is 1. The van der Waals surface area contributed by atoms with Gasteiger partial charge in [-0.3, -0.25) is 19.5 Å². The molecule has 3 rings (SSSR count). The van der Waals surface area contributed by atoms with E-state index < -0.39 is 18.9 Å². The van der Waals surface area contributed by atoms with Crippen LogP contribution in [0.1, 0.15) is 25.0 Å². The van der Waals surface area contributed by atoms with E-state index in [2.05, 4.69) is 15.6 Å². The number of amides is 3. The summed E-state index contributed by atoms with van der Waals surface area (Å²) in [5, 5.41) is 4.14. The molecule has 2 aromatic rings. The lowest BCUT2D eigenvalue weighted by Crippen LogP contribution is -2.27. The lowest BCUT2D eigenvalue weighted by Gasteiger charge is -2.19. The van der Waals surface area contributed by atoms with Gasteiger partial charge >= 0.3 is 13.7 Å². The normalized spacial score (nSPS) is 15.0. The molecule has 1 unspecified atom stereocenters. The first-order valence-electron chi connectivity index (χ1n) is 12.9. The summed E-state index contributed by atoms with van der Waals surface area (Å²) in [5.41, 5.74) is 1.67. The summed E-state index contributed by atoms with van der Waals surface area (Å²) in [6.45, 7) is 5.13. The fourth-order valence-electron chi connectivity index (χ4n) is 3.66. The highest BCUT2D eigenvalue weighted by atomic mass is 32.2. The van der Waals surface area contributed by atoms with Gasteiger partial charge in [0.25, 0.3) is 5.24 Å². The van der Waals surface area contributed by atoms with Crippen molar-refractivity contribution in [3.63, 3.8) is 0 Å². The number of nitrogens with zero attached hydrogens (tertiary/aromatic N) is 2. The molecule has 0 saturated carbocycles. The van der Waals surface area contributed by atoms with E-state index in [9.17, 15) is 18.9 Å². The fraction of sp³-hybridized carbons (Fsp3) is 0.462. The van der Waals surface area contributed by atoms with Gasteiger partial charge in [-0.1, -0.05) is 30.0 Å². The van der Waals surface area contributed by atoms with E-state index in [-0.39, 0.29) is 43.7 Å². The van der Waals surface area contributed by atoms with Crippen LogP contribution in [0.4, 0.5) is 15.4 Å². The van der Waals surface area contributed by atoms with E-state index in [1.807, 2.05) is 48.3 Å². The second-order valence-electron chi connectivity index (χ2n) is 8.70. The molecule has 3 amide bonds. The van der Waals surface area contributed by atoms with E-state index in [4.69, 9.17) is 18.5 Å². The monoisotopic (exact) mass is 594 g/mol. The number of hydrogen-bond donors (Lipinski definition) is 2. The van der Waals surface area contributed by atoms with Crippen molar-refractivity contribution in [1.82, 2.24) is 15.6 Å². The Labute approximate surface area is 238 Å². The number of carbonyl (C=O) groups excluding carboxylic acids is 3. The van der Waals surface area contributed by atoms with E-state index in [0.717, 1.165) is 28.7 Å². The van der Waals surface area contributed by atoms with E-state index in [1.54, 1.807) is 20.0 Å². The van der Waals surface area contributed by atoms with Gasteiger partial charge in [0.2, 0.25) is 5.91 Å². The molecule has 1 fully saturated rings. The zero-order chi connectivity index (χ0) is 29.0. The van der Waals surface area contributed by atoms with Crippen LogP contribution in [-0.4, -0.2) is 73.6 Å². The van der Waals surface area contributed by atoms with Gasteiger partial charge in [0.15, 0.2) is 0 Å². The molecule has 0 aliphatic carbocycles. The molecule has 0 radical (unpaired) electrons. The van der Waals surface area contributed by atoms with E-state index >= 15 is 0 Å². The Balaban J connectivity index is 1.34. The molecule has 1 aliphatic rings. The lowest BCUT2D eigenvalue weighted by molar-refractivity contribution is -0.118. The van der Waals surface area contributed by atoms with Crippen LogP contribution in [0.25, 0.3) is 0 Å². The molecule has 0 spiro atoms. The third-order valence-corrected chi connectivity index (χ3v) is 8.74. The number of thioether (sulfide) groups is 1. The highest BCUT2D eigenvalue weighted by Gasteiger charge is 2.31. The summed E-state index contributed by atoms with van der Waals surface area (Å²) in [6, 6.07) is 11.1. The minimum absolute atomic E-state index is 0.0386. The molecule has 0 bridgehead atoms. The van der Waals surface area contributed by atoms with Gasteiger partial charge in [0.05, 0.1) is 31.2 Å². The van der Waals surface area contributed by atoms with Crippen molar-refractivity contribution < 1.29 is 37.5 Å². The number of benzene rings is 1. The van der Waals surface area contributed by atoms with Gasteiger partial charge in [-0.25, -0.2) is 9.78 Å². The molecule has 1 aromatic carbocycles. The van der Waals surface area contributed by atoms with Crippen molar-refractivity contribution in [3.8, 4) is 5.75 Å². The first-order valence-corrected chi connectivity index (χ1v) is 15.5. The number of ether oxygens (including phenoxy) is 2. The summed E-state index contributed by atoms with van der Waals surface area (Å²) in [5.74, 6) is 1.18. The van der Waals surface area contributed by atoms with E-state index in [1.165, 1.54) is 0 Å². The van der Waals surface area contributed by atoms with Crippen molar-refractivity contribution in [2.45, 2.75) is 32.1 Å². The summed E-state index contributed by atoms with van der Waals surface area (Å²) in [7, 11) is -1.32. The Kier molecular flexibility index (Phi) is 12.3. The maximum absolute atomic E-state index is 12.4. The molecule has 2 heterocycles. The number of aromatic nitrogens is 1. The molecule has 14 heteroatoms. The fourth-order valence-corrected chi connectivity index (χ4v) is 6.03. The zero-order valence-corrected chi connectivity index (χ0v) is 24.5. The van der Waals surface area contributed by atoms with Crippen molar-refractivity contribution in [2.75, 3.05) is 51.0 Å². The largest absolute Gasteiger partial charge is 0.492 e. The number of nitrogens with one attached hydrogen (secondary N) is 2. The van der Waals surface area contributed by atoms with Gasteiger partial charge in [-0.15, -0.1) is 0 Å². The number of likely N-dealkylation sites (N-methyl/N-ethyl adjacent to an activating group) is 1. The molecule has 1 aromatic heterocycles. The van der Waals surface area contributed by atoms with Crippen LogP contribution in [0.3, 0.4) is 0 Å². The lowest BCUT2D eigenvalue weighted by atomic mass is 10.1. The SMILES string of the molecule is CCOP(=O)(CCNC(=O)OCc1ccc(N(C)CCOc2ccc(CC3SC(=O)NC3=O)cc2)nc1)OCC. The second-order valence-corrected chi connectivity index (χ2v) is 12.1. The number of rotatable bonds is 16. The zero-order valence-electron chi connectivity index (χ0n) is 22.8. The van der Waals surface area contributed by atoms with Gasteiger partial charge in [0.1, 0.15) is 24.8 Å². The van der Waals surface area contributed by atoms with Crippen LogP contribution < -0.4 is 20.3 Å². The number of carbonyl (C=O) groups is 3. The number of hydrogen-bond acceptors (Lipinski definition) is 11. The van der Waals surface area contributed by atoms with Gasteiger partial charge < -0.3 is 28.7 Å². The van der Waals surface area contributed by atoms with Crippen LogP contribution in [0.2, 0.25) is 0 Å². The molecular formula is C26H35N4O8PS. The standard InChI is InChI=1S/C26H35N4O8PS/c1-4-37-39(34,38-5-2)15-12-27-25(32)36-18-20-8-11-23(28-17-20)30(3)13-14-35-21-9-6-19(7-10-21)16-22-24(31)29-26(33)40-22/h6-11,17,22H,4-5,12-16,18H2,1-3H3,(H,27,32)(H,29,31,33). The second kappa shape index (κ2) is 15.6. The van der Waals surface area contributed by atoms with Crippen LogP contribution in [0.5, 0.6) is 5.75 Å². The van der Waals surface area contributed by atoms with Crippen LogP contribution in [-0.2, 0) is 36.2 Å². The van der Waals surface area contributed by atoms with Crippen LogP contribution in [0.15, 0.2) is 42.6 Å². The van der Waals surface area contributed by atoms with Crippen LogP contribution >= 0.6 is 19.4 Å². The smallest absolute Gasteiger partial charge is 0.407 e. The Morgan fingerprint density at radius 1 is 1.10 bits per heavy atom. The van der Waals surface area contributed by atoms with Crippen molar-refractivity contribution in [3.05, 3.63) is 53.7 Å². The molecular weight excluding hydrogens is 559 g/mol. The summed E-state index contributed by atoms with van der Waals surface area (Å²) < 4.78 is 33.8. The van der Waals surface area contributed by atoms with Crippen LogP contribution in [0, 0.1) is 0 Å². The molecule has 1 atom stereocenters. The van der Waals surface area contributed by atoms with Gasteiger partial charge in [-0.2, -0.15) is 0 Å². The first kappa shape index (κ1) is 31.4. The maximum Gasteiger partial charge on any atom is 0.407 e. The third kappa shape index (κ3) is 10.1. The third-order valence-electron chi connectivity index (χ3n) is 5.68. The number of imide groups is 1. The summed E-state index contributed by atoms with van der Waals surface area (Å²) >= 11 is 1.02. The molecule has 12 nitrogen and oxygen atoms in total. The average molecular weight is 595 g/mol. The van der Waals surface area contributed by atoms with Gasteiger partial charge in [-0.05, 0) is 44.0 Å². The maximum atomic E-state index is 12.4. The molecule has 1 aliphatic heterocycles. The molecule has 40 heavy (non-hydrogen) atoms. The van der Waals surface area contributed by atoms with Crippen molar-refractivity contribution in [1.29, 1.82) is 0 Å². The summed E-state index contributed by atoms with van der Waals surface area (Å²) in [4.78, 5) is 41.4. The predicted molar refractivity (Wildman–Crippen MR) is 152 cm³/mol. The topological polar surface area (TPSA) is 145 Å². The minimum Gasteiger partial charge on any atom is -0.492 e. The van der Waals surface area contributed by atoms with Crippen molar-refractivity contribution in [2.24, 2.45) is 0 Å². The predicted octanol–water partition coefficient (Wildman–Crippen LogP) is 3.98. The first-order chi connectivity index (χ1) is 19.2. The number of alkyl carbamates (subject to hydrolysis) is 1. The molecule has 1 saturated heterocycles. The highest BCUT2D eigenvalue weighted by molar-refractivity contribution is 8.15. The number of anilines is 1. The van der Waals surface area contributed by atoms with E-state index in [0.29, 0.717) is 25.3 Å². The molecule has 2 N–H and O–H groups in total. The highest BCUT2D eigenvalue weighted by Crippen LogP contribution is 2.47. The minimum atomic E-state index is -3.22. The Morgan fingerprint density at radius 3 is 2.40 bits per heavy atom. The Morgan fingerprint density at radius 2 is 1.80 bits per heavy atom. The Bertz CT molecular complexity index is 1170. The van der Waals surface area contributed by atoms with Gasteiger partial charge in [0, 0.05) is 25.4 Å². The van der Waals surface area contributed by atoms with Crippen molar-refractivity contribution >= 4 is 42.4 Å². The molecule has 218 valence electrons.